The van der Waals surface area contributed by atoms with E-state index in [9.17, 15) is 13.2 Å². The van der Waals surface area contributed by atoms with Gasteiger partial charge in [0.05, 0.1) is 17.7 Å². The maximum Gasteiger partial charge on any atom is 0.255 e. The first kappa shape index (κ1) is 20.4. The van der Waals surface area contributed by atoms with Crippen LogP contribution in [0.5, 0.6) is 5.75 Å². The molecule has 1 amide bonds. The first-order chi connectivity index (χ1) is 13.3. The number of carbonyl (C=O) groups is 1. The third-order valence-corrected chi connectivity index (χ3v) is 7.10. The van der Waals surface area contributed by atoms with Crippen molar-refractivity contribution in [1.82, 2.24) is 4.31 Å². The first-order valence-electron chi connectivity index (χ1n) is 9.41. The summed E-state index contributed by atoms with van der Waals surface area (Å²) in [5, 5.41) is 2.82. The van der Waals surface area contributed by atoms with Gasteiger partial charge in [-0.3, -0.25) is 4.79 Å². The van der Waals surface area contributed by atoms with Crippen LogP contribution in [0.15, 0.2) is 47.4 Å². The standard InChI is InChI=1S/C21H26N2O4S/c1-15-7-12-20(27-3)19(14-15)22-21(24)17-8-10-18(11-9-17)28(25,26)23-13-5-4-6-16(23)2/h7-12,14,16H,4-6,13H2,1-3H3,(H,22,24)/t16-/m1/s1. The van der Waals surface area contributed by atoms with Crippen LogP contribution in [0.2, 0.25) is 0 Å². The Labute approximate surface area is 166 Å². The van der Waals surface area contributed by atoms with Crippen molar-refractivity contribution in [2.75, 3.05) is 19.0 Å². The Balaban J connectivity index is 1.79. The molecule has 1 atom stereocenters. The minimum Gasteiger partial charge on any atom is -0.495 e. The van der Waals surface area contributed by atoms with Crippen molar-refractivity contribution in [1.29, 1.82) is 0 Å². The van der Waals surface area contributed by atoms with Gasteiger partial charge in [-0.15, -0.1) is 0 Å². The summed E-state index contributed by atoms with van der Waals surface area (Å²) in [4.78, 5) is 12.8. The molecule has 0 radical (unpaired) electrons. The van der Waals surface area contributed by atoms with Crippen LogP contribution in [0.25, 0.3) is 0 Å². The third-order valence-electron chi connectivity index (χ3n) is 5.07. The monoisotopic (exact) mass is 402 g/mol. The fourth-order valence-corrected chi connectivity index (χ4v) is 5.16. The summed E-state index contributed by atoms with van der Waals surface area (Å²) < 4.78 is 32.6. The minimum absolute atomic E-state index is 0.00416. The van der Waals surface area contributed by atoms with Crippen molar-refractivity contribution >= 4 is 21.6 Å². The highest BCUT2D eigenvalue weighted by Crippen LogP contribution is 2.27. The number of hydrogen-bond donors (Lipinski definition) is 1. The third kappa shape index (κ3) is 4.20. The molecule has 0 aromatic heterocycles. The maximum atomic E-state index is 12.9. The lowest BCUT2D eigenvalue weighted by molar-refractivity contribution is 0.102. The second kappa shape index (κ2) is 8.32. The molecule has 1 heterocycles. The predicted molar refractivity (Wildman–Crippen MR) is 109 cm³/mol. The van der Waals surface area contributed by atoms with Crippen molar-refractivity contribution in [2.45, 2.75) is 44.0 Å². The summed E-state index contributed by atoms with van der Waals surface area (Å²) in [5.41, 5.74) is 1.95. The van der Waals surface area contributed by atoms with Crippen molar-refractivity contribution in [3.63, 3.8) is 0 Å². The highest BCUT2D eigenvalue weighted by Gasteiger charge is 2.30. The fraction of sp³-hybridized carbons (Fsp3) is 0.381. The van der Waals surface area contributed by atoms with Crippen molar-refractivity contribution in [2.24, 2.45) is 0 Å². The average Bonchev–Trinajstić information content (AvgIpc) is 2.68. The maximum absolute atomic E-state index is 12.9. The molecule has 1 saturated heterocycles. The summed E-state index contributed by atoms with van der Waals surface area (Å²) >= 11 is 0. The number of methoxy groups -OCH3 is 1. The van der Waals surface area contributed by atoms with Gasteiger partial charge in [0.15, 0.2) is 0 Å². The Bertz CT molecular complexity index is 955. The topological polar surface area (TPSA) is 75.7 Å². The van der Waals surface area contributed by atoms with E-state index >= 15 is 0 Å². The first-order valence-corrected chi connectivity index (χ1v) is 10.8. The van der Waals surface area contributed by atoms with Gasteiger partial charge in [0.2, 0.25) is 10.0 Å². The summed E-state index contributed by atoms with van der Waals surface area (Å²) in [5.74, 6) is 0.247. The van der Waals surface area contributed by atoms with E-state index in [-0.39, 0.29) is 16.8 Å². The molecule has 2 aromatic rings. The van der Waals surface area contributed by atoms with Crippen molar-refractivity contribution in [3.8, 4) is 5.75 Å². The number of amides is 1. The van der Waals surface area contributed by atoms with Crippen LogP contribution in [0.1, 0.15) is 42.1 Å². The van der Waals surface area contributed by atoms with E-state index in [0.717, 1.165) is 24.8 Å². The van der Waals surface area contributed by atoms with Gasteiger partial charge >= 0.3 is 0 Å². The van der Waals surface area contributed by atoms with E-state index in [2.05, 4.69) is 5.32 Å². The number of aryl methyl sites for hydroxylation is 1. The van der Waals surface area contributed by atoms with Gasteiger partial charge in [0, 0.05) is 18.2 Å². The number of anilines is 1. The summed E-state index contributed by atoms with van der Waals surface area (Å²) in [7, 11) is -2.00. The molecule has 0 bridgehead atoms. The van der Waals surface area contributed by atoms with Crippen molar-refractivity contribution in [3.05, 3.63) is 53.6 Å². The van der Waals surface area contributed by atoms with Gasteiger partial charge in [-0.25, -0.2) is 8.42 Å². The Morgan fingerprint density at radius 3 is 2.50 bits per heavy atom. The molecule has 150 valence electrons. The van der Waals surface area contributed by atoms with E-state index < -0.39 is 10.0 Å². The molecule has 6 nitrogen and oxygen atoms in total. The normalized spacial score (nSPS) is 17.9. The Kier molecular flexibility index (Phi) is 6.05. The molecule has 7 heteroatoms. The SMILES string of the molecule is COc1ccc(C)cc1NC(=O)c1ccc(S(=O)(=O)N2CCCC[C@H]2C)cc1. The zero-order valence-corrected chi connectivity index (χ0v) is 17.3. The van der Waals surface area contributed by atoms with Crippen LogP contribution >= 0.6 is 0 Å². The molecule has 0 spiro atoms. The van der Waals surface area contributed by atoms with E-state index in [1.165, 1.54) is 12.1 Å². The Morgan fingerprint density at radius 1 is 1.14 bits per heavy atom. The van der Waals surface area contributed by atoms with Crippen LogP contribution in [0, 0.1) is 6.92 Å². The predicted octanol–water partition coefficient (Wildman–Crippen LogP) is 3.82. The second-order valence-electron chi connectivity index (χ2n) is 7.14. The van der Waals surface area contributed by atoms with E-state index in [4.69, 9.17) is 4.74 Å². The molecule has 0 saturated carbocycles. The molecule has 2 aromatic carbocycles. The van der Waals surface area contributed by atoms with Crippen LogP contribution < -0.4 is 10.1 Å². The lowest BCUT2D eigenvalue weighted by atomic mass is 10.1. The van der Waals surface area contributed by atoms with Crippen molar-refractivity contribution < 1.29 is 17.9 Å². The van der Waals surface area contributed by atoms with Gasteiger partial charge < -0.3 is 10.1 Å². The highest BCUT2D eigenvalue weighted by atomic mass is 32.2. The molecular weight excluding hydrogens is 376 g/mol. The highest BCUT2D eigenvalue weighted by molar-refractivity contribution is 7.89. The molecule has 1 aliphatic heterocycles. The largest absolute Gasteiger partial charge is 0.495 e. The number of rotatable bonds is 5. The zero-order valence-electron chi connectivity index (χ0n) is 16.4. The van der Waals surface area contributed by atoms with Crippen LogP contribution in [0.3, 0.4) is 0 Å². The molecule has 28 heavy (non-hydrogen) atoms. The number of carbonyl (C=O) groups excluding carboxylic acids is 1. The molecule has 0 aliphatic carbocycles. The number of benzene rings is 2. The van der Waals surface area contributed by atoms with Crippen LogP contribution in [-0.4, -0.2) is 38.3 Å². The molecule has 1 aliphatic rings. The molecule has 3 rings (SSSR count). The van der Waals surface area contributed by atoms with Gasteiger partial charge in [-0.1, -0.05) is 12.5 Å². The Hall–Kier alpha value is -2.38. The number of hydrogen-bond acceptors (Lipinski definition) is 4. The fourth-order valence-electron chi connectivity index (χ4n) is 3.46. The number of sulfonamides is 1. The molecule has 1 fully saturated rings. The van der Waals surface area contributed by atoms with E-state index in [1.807, 2.05) is 26.0 Å². The summed E-state index contributed by atoms with van der Waals surface area (Å²) in [6, 6.07) is 11.6. The van der Waals surface area contributed by atoms with Gasteiger partial charge in [-0.2, -0.15) is 4.31 Å². The smallest absolute Gasteiger partial charge is 0.255 e. The van der Waals surface area contributed by atoms with E-state index in [0.29, 0.717) is 23.5 Å². The van der Waals surface area contributed by atoms with Gasteiger partial charge in [-0.05, 0) is 68.7 Å². The number of nitrogens with one attached hydrogen (secondary N) is 1. The average molecular weight is 403 g/mol. The quantitative estimate of drug-likeness (QED) is 0.825. The Morgan fingerprint density at radius 2 is 1.86 bits per heavy atom. The molecular formula is C21H26N2O4S. The summed E-state index contributed by atoms with van der Waals surface area (Å²) in [6.07, 6.45) is 2.80. The molecule has 1 N–H and O–H groups in total. The summed E-state index contributed by atoms with van der Waals surface area (Å²) in [6.45, 7) is 4.41. The van der Waals surface area contributed by atoms with Crippen LogP contribution in [-0.2, 0) is 10.0 Å². The zero-order chi connectivity index (χ0) is 20.3. The van der Waals surface area contributed by atoms with Gasteiger partial charge in [0.1, 0.15) is 5.75 Å². The van der Waals surface area contributed by atoms with E-state index in [1.54, 1.807) is 29.6 Å². The van der Waals surface area contributed by atoms with Gasteiger partial charge in [0.25, 0.3) is 5.91 Å². The minimum atomic E-state index is -3.55. The van der Waals surface area contributed by atoms with Crippen LogP contribution in [0.4, 0.5) is 5.69 Å². The second-order valence-corrected chi connectivity index (χ2v) is 9.03. The number of piperidine rings is 1. The lowest BCUT2D eigenvalue weighted by Gasteiger charge is -2.32. The molecule has 0 unspecified atom stereocenters. The lowest BCUT2D eigenvalue weighted by Crippen LogP contribution is -2.41. The number of nitrogens with zero attached hydrogens (tertiary/aromatic N) is 1. The number of ether oxygens (including phenoxy) is 1.